The minimum Gasteiger partial charge on any atom is -0.511 e. The minimum atomic E-state index is 0.0749. The van der Waals surface area contributed by atoms with Gasteiger partial charge in [0.25, 0.3) is 0 Å². The number of allylic oxidation sites excluding steroid dienone is 2. The van der Waals surface area contributed by atoms with Crippen molar-refractivity contribution in [3.8, 4) is 6.07 Å². The van der Waals surface area contributed by atoms with E-state index < -0.39 is 0 Å². The van der Waals surface area contributed by atoms with Crippen molar-refractivity contribution in [3.05, 3.63) is 35.8 Å². The molecule has 0 bridgehead atoms. The molecule has 0 saturated carbocycles. The molecule has 1 heterocycles. The Bertz CT molecular complexity index is 632. The molecule has 86 valence electrons. The predicted molar refractivity (Wildman–Crippen MR) is 66.2 cm³/mol. The molecule has 2 rings (SSSR count). The van der Waals surface area contributed by atoms with Crippen molar-refractivity contribution in [3.63, 3.8) is 0 Å². The summed E-state index contributed by atoms with van der Waals surface area (Å²) in [5, 5.41) is 18.8. The van der Waals surface area contributed by atoms with E-state index in [9.17, 15) is 5.11 Å². The summed E-state index contributed by atoms with van der Waals surface area (Å²) >= 11 is 0. The Morgan fingerprint density at radius 2 is 2.18 bits per heavy atom. The van der Waals surface area contributed by atoms with Gasteiger partial charge in [-0.2, -0.15) is 5.26 Å². The number of para-hydroxylation sites is 2. The molecule has 4 nitrogen and oxygen atoms in total. The smallest absolute Gasteiger partial charge is 0.155 e. The maximum absolute atomic E-state index is 9.72. The van der Waals surface area contributed by atoms with Crippen molar-refractivity contribution in [1.29, 1.82) is 5.26 Å². The summed E-state index contributed by atoms with van der Waals surface area (Å²) in [6.07, 6.45) is 0.423. The van der Waals surface area contributed by atoms with Gasteiger partial charge >= 0.3 is 0 Å². The third-order valence-corrected chi connectivity index (χ3v) is 2.75. The molecule has 0 aliphatic carbocycles. The third-order valence-electron chi connectivity index (χ3n) is 2.75. The molecule has 0 spiro atoms. The van der Waals surface area contributed by atoms with Gasteiger partial charge in [-0.05, 0) is 12.1 Å². The third kappa shape index (κ3) is 1.76. The lowest BCUT2D eigenvalue weighted by Gasteiger charge is -2.02. The van der Waals surface area contributed by atoms with Crippen molar-refractivity contribution in [2.45, 2.75) is 13.3 Å². The predicted octanol–water partition coefficient (Wildman–Crippen LogP) is 2.78. The zero-order chi connectivity index (χ0) is 12.4. The molecule has 0 saturated heterocycles. The van der Waals surface area contributed by atoms with E-state index in [4.69, 9.17) is 5.26 Å². The fourth-order valence-electron chi connectivity index (χ4n) is 1.79. The second kappa shape index (κ2) is 4.30. The first-order valence-corrected chi connectivity index (χ1v) is 5.43. The van der Waals surface area contributed by atoms with Crippen LogP contribution in [0.25, 0.3) is 16.6 Å². The Morgan fingerprint density at radius 3 is 2.76 bits per heavy atom. The highest BCUT2D eigenvalue weighted by Gasteiger charge is 2.14. The molecule has 0 atom stereocenters. The van der Waals surface area contributed by atoms with Crippen LogP contribution in [-0.2, 0) is 7.05 Å². The van der Waals surface area contributed by atoms with Crippen LogP contribution in [0.15, 0.2) is 30.0 Å². The van der Waals surface area contributed by atoms with E-state index in [1.807, 2.05) is 41.9 Å². The largest absolute Gasteiger partial charge is 0.511 e. The molecule has 0 aliphatic heterocycles. The fourth-order valence-corrected chi connectivity index (χ4v) is 1.79. The number of fused-ring (bicyclic) bond motifs is 1. The SMILES string of the molecule is CC/C(O)=C(\C#N)c1nc2ccccc2n1C. The van der Waals surface area contributed by atoms with Crippen LogP contribution in [0.2, 0.25) is 0 Å². The van der Waals surface area contributed by atoms with E-state index in [2.05, 4.69) is 4.98 Å². The number of rotatable bonds is 2. The summed E-state index contributed by atoms with van der Waals surface area (Å²) in [5.74, 6) is 0.582. The van der Waals surface area contributed by atoms with Gasteiger partial charge in [-0.25, -0.2) is 4.98 Å². The maximum Gasteiger partial charge on any atom is 0.155 e. The maximum atomic E-state index is 9.72. The molecule has 0 aliphatic rings. The van der Waals surface area contributed by atoms with Gasteiger partial charge in [-0.15, -0.1) is 0 Å². The molecule has 2 aromatic rings. The van der Waals surface area contributed by atoms with E-state index in [-0.39, 0.29) is 11.3 Å². The van der Waals surface area contributed by atoms with Gasteiger partial charge in [-0.3, -0.25) is 0 Å². The summed E-state index contributed by atoms with van der Waals surface area (Å²) in [6, 6.07) is 9.65. The normalized spacial score (nSPS) is 12.3. The Hall–Kier alpha value is -2.28. The molecule has 0 amide bonds. The van der Waals surface area contributed by atoms with Gasteiger partial charge < -0.3 is 9.67 Å². The van der Waals surface area contributed by atoms with E-state index in [1.54, 1.807) is 6.92 Å². The van der Waals surface area contributed by atoms with Crippen LogP contribution in [0.3, 0.4) is 0 Å². The highest BCUT2D eigenvalue weighted by molar-refractivity contribution is 5.83. The zero-order valence-corrected chi connectivity index (χ0v) is 9.81. The molecule has 1 aromatic heterocycles. The second-order valence-corrected chi connectivity index (χ2v) is 3.77. The number of hydrogen-bond acceptors (Lipinski definition) is 3. The first-order valence-electron chi connectivity index (χ1n) is 5.43. The molecule has 4 heteroatoms. The lowest BCUT2D eigenvalue weighted by Crippen LogP contribution is -1.98. The van der Waals surface area contributed by atoms with Gasteiger partial charge in [-0.1, -0.05) is 19.1 Å². The molecular formula is C13H13N3O. The summed E-state index contributed by atoms with van der Waals surface area (Å²) in [5.41, 5.74) is 2.01. The number of nitriles is 1. The Morgan fingerprint density at radius 1 is 1.47 bits per heavy atom. The van der Waals surface area contributed by atoms with Crippen LogP contribution >= 0.6 is 0 Å². The average molecular weight is 227 g/mol. The van der Waals surface area contributed by atoms with Crippen LogP contribution in [-0.4, -0.2) is 14.7 Å². The van der Waals surface area contributed by atoms with Gasteiger partial charge in [0.15, 0.2) is 5.82 Å². The van der Waals surface area contributed by atoms with Crippen LogP contribution in [0, 0.1) is 11.3 Å². The van der Waals surface area contributed by atoms with E-state index in [0.717, 1.165) is 11.0 Å². The molecule has 1 N–H and O–H groups in total. The first-order chi connectivity index (χ1) is 8.19. The van der Waals surface area contributed by atoms with Crippen molar-refractivity contribution in [2.24, 2.45) is 7.05 Å². The number of hydrogen-bond donors (Lipinski definition) is 1. The fraction of sp³-hybridized carbons (Fsp3) is 0.231. The highest BCUT2D eigenvalue weighted by Crippen LogP contribution is 2.22. The van der Waals surface area contributed by atoms with Crippen molar-refractivity contribution >= 4 is 16.6 Å². The number of benzene rings is 1. The van der Waals surface area contributed by atoms with Gasteiger partial charge in [0.05, 0.1) is 11.0 Å². The van der Waals surface area contributed by atoms with Crippen LogP contribution < -0.4 is 0 Å². The lowest BCUT2D eigenvalue weighted by molar-refractivity contribution is 0.397. The van der Waals surface area contributed by atoms with Crippen molar-refractivity contribution in [1.82, 2.24) is 9.55 Å². The number of aliphatic hydroxyl groups is 1. The Labute approximate surface area is 99.4 Å². The molecular weight excluding hydrogens is 214 g/mol. The molecule has 1 aromatic carbocycles. The summed E-state index contributed by atoms with van der Waals surface area (Å²) in [7, 11) is 1.84. The summed E-state index contributed by atoms with van der Waals surface area (Å²) in [4.78, 5) is 4.38. The van der Waals surface area contributed by atoms with E-state index >= 15 is 0 Å². The summed E-state index contributed by atoms with van der Waals surface area (Å²) < 4.78 is 1.82. The molecule has 0 fully saturated rings. The standard InChI is InChI=1S/C13H13N3O/c1-3-12(17)9(8-14)13-15-10-6-4-5-7-11(10)16(13)2/h4-7,17H,3H2,1-2H3/b12-9-. The van der Waals surface area contributed by atoms with E-state index in [1.165, 1.54) is 0 Å². The Balaban J connectivity index is 2.72. The highest BCUT2D eigenvalue weighted by atomic mass is 16.3. The summed E-state index contributed by atoms with van der Waals surface area (Å²) in [6.45, 7) is 1.80. The first kappa shape index (κ1) is 11.2. The molecule has 0 radical (unpaired) electrons. The number of aromatic nitrogens is 2. The van der Waals surface area contributed by atoms with Crippen LogP contribution in [0.4, 0.5) is 0 Å². The van der Waals surface area contributed by atoms with Crippen LogP contribution in [0.1, 0.15) is 19.2 Å². The average Bonchev–Trinajstić information content (AvgIpc) is 2.68. The second-order valence-electron chi connectivity index (χ2n) is 3.77. The van der Waals surface area contributed by atoms with Crippen molar-refractivity contribution in [2.75, 3.05) is 0 Å². The monoisotopic (exact) mass is 227 g/mol. The van der Waals surface area contributed by atoms with Gasteiger partial charge in [0, 0.05) is 13.5 Å². The van der Waals surface area contributed by atoms with Gasteiger partial charge in [0.2, 0.25) is 0 Å². The van der Waals surface area contributed by atoms with Crippen molar-refractivity contribution < 1.29 is 5.11 Å². The number of imidazole rings is 1. The quantitative estimate of drug-likeness (QED) is 0.633. The minimum absolute atomic E-state index is 0.0749. The molecule has 17 heavy (non-hydrogen) atoms. The Kier molecular flexibility index (Phi) is 2.84. The molecule has 0 unspecified atom stereocenters. The van der Waals surface area contributed by atoms with Gasteiger partial charge in [0.1, 0.15) is 17.4 Å². The van der Waals surface area contributed by atoms with E-state index in [0.29, 0.717) is 12.2 Å². The lowest BCUT2D eigenvalue weighted by atomic mass is 10.2. The van der Waals surface area contributed by atoms with Crippen LogP contribution in [0.5, 0.6) is 0 Å². The number of aryl methyl sites for hydroxylation is 1. The zero-order valence-electron chi connectivity index (χ0n) is 9.81. The topological polar surface area (TPSA) is 61.8 Å². The number of aliphatic hydroxyl groups excluding tert-OH is 1. The number of nitrogens with zero attached hydrogens (tertiary/aromatic N) is 3.